The molecule has 3 aromatic rings. The minimum Gasteiger partial charge on any atom is -0.349 e. The van der Waals surface area contributed by atoms with Crippen molar-refractivity contribution in [3.8, 4) is 11.3 Å². The summed E-state index contributed by atoms with van der Waals surface area (Å²) in [6.45, 7) is 2.12. The average molecular weight is 388 g/mol. The van der Waals surface area contributed by atoms with Crippen molar-refractivity contribution in [3.63, 3.8) is 0 Å². The van der Waals surface area contributed by atoms with Gasteiger partial charge in [0.15, 0.2) is 0 Å². The number of aromatic nitrogens is 1. The molecular weight excluding hydrogens is 358 g/mol. The van der Waals surface area contributed by atoms with E-state index in [0.29, 0.717) is 12.1 Å². The SMILES string of the molecule is Cc1cccc2c(C(=O)NC3C[C@H]4CC[C@@H](C3)N4C)c(-c3ccccc3)n(C)c12. The van der Waals surface area contributed by atoms with Crippen molar-refractivity contribution in [2.45, 2.75) is 50.7 Å². The number of amides is 1. The van der Waals surface area contributed by atoms with Crippen molar-refractivity contribution in [3.05, 3.63) is 59.7 Å². The number of carbonyl (C=O) groups excluding carboxylic acids is 1. The molecule has 5 rings (SSSR count). The van der Waals surface area contributed by atoms with Gasteiger partial charge in [-0.05, 0) is 50.8 Å². The first-order valence-corrected chi connectivity index (χ1v) is 10.7. The van der Waals surface area contributed by atoms with E-state index in [-0.39, 0.29) is 11.9 Å². The van der Waals surface area contributed by atoms with E-state index in [2.05, 4.69) is 66.1 Å². The molecule has 2 fully saturated rings. The fourth-order valence-corrected chi connectivity index (χ4v) is 5.66. The molecule has 1 N–H and O–H groups in total. The molecule has 150 valence electrons. The summed E-state index contributed by atoms with van der Waals surface area (Å²) in [5.41, 5.74) is 5.23. The van der Waals surface area contributed by atoms with Crippen molar-refractivity contribution >= 4 is 16.8 Å². The maximum Gasteiger partial charge on any atom is 0.254 e. The Bertz CT molecular complexity index is 1050. The van der Waals surface area contributed by atoms with Gasteiger partial charge >= 0.3 is 0 Å². The predicted molar refractivity (Wildman–Crippen MR) is 118 cm³/mol. The molecule has 0 aliphatic carbocycles. The van der Waals surface area contributed by atoms with Crippen LogP contribution in [0.5, 0.6) is 0 Å². The molecule has 2 aromatic carbocycles. The zero-order valence-corrected chi connectivity index (χ0v) is 17.5. The highest BCUT2D eigenvalue weighted by Gasteiger charge is 2.39. The van der Waals surface area contributed by atoms with Crippen LogP contribution in [0.3, 0.4) is 0 Å². The summed E-state index contributed by atoms with van der Waals surface area (Å²) in [7, 11) is 4.31. The molecule has 1 unspecified atom stereocenters. The average Bonchev–Trinajstić information content (AvgIpc) is 3.11. The monoisotopic (exact) mass is 387 g/mol. The minimum absolute atomic E-state index is 0.0639. The predicted octanol–water partition coefficient (Wildman–Crippen LogP) is 4.51. The highest BCUT2D eigenvalue weighted by molar-refractivity contribution is 6.13. The second-order valence-electron chi connectivity index (χ2n) is 8.81. The lowest BCUT2D eigenvalue weighted by molar-refractivity contribution is 0.0884. The third-order valence-corrected chi connectivity index (χ3v) is 7.12. The maximum absolute atomic E-state index is 13.6. The first kappa shape index (κ1) is 18.4. The van der Waals surface area contributed by atoms with Gasteiger partial charge in [-0.2, -0.15) is 0 Å². The van der Waals surface area contributed by atoms with E-state index < -0.39 is 0 Å². The number of aryl methyl sites for hydroxylation is 2. The van der Waals surface area contributed by atoms with Crippen LogP contribution < -0.4 is 5.32 Å². The van der Waals surface area contributed by atoms with Gasteiger partial charge in [0.2, 0.25) is 0 Å². The number of benzene rings is 2. The quantitative estimate of drug-likeness (QED) is 0.718. The van der Waals surface area contributed by atoms with Crippen molar-refractivity contribution in [1.82, 2.24) is 14.8 Å². The Labute approximate surface area is 172 Å². The summed E-state index contributed by atoms with van der Waals surface area (Å²) < 4.78 is 2.19. The van der Waals surface area contributed by atoms with Gasteiger partial charge in [-0.25, -0.2) is 0 Å². The van der Waals surface area contributed by atoms with Crippen molar-refractivity contribution < 1.29 is 4.79 Å². The summed E-state index contributed by atoms with van der Waals surface area (Å²) in [5.74, 6) is 0.0639. The van der Waals surface area contributed by atoms with Gasteiger partial charge in [0.05, 0.1) is 16.8 Å². The molecular formula is C25H29N3O. The second-order valence-corrected chi connectivity index (χ2v) is 8.81. The third kappa shape index (κ3) is 2.98. The van der Waals surface area contributed by atoms with E-state index in [0.717, 1.165) is 40.6 Å². The van der Waals surface area contributed by atoms with Crippen LogP contribution in [-0.2, 0) is 7.05 Å². The van der Waals surface area contributed by atoms with Gasteiger partial charge in [0.25, 0.3) is 5.91 Å². The van der Waals surface area contributed by atoms with Gasteiger partial charge in [0, 0.05) is 30.6 Å². The molecule has 29 heavy (non-hydrogen) atoms. The summed E-state index contributed by atoms with van der Waals surface area (Å²) in [5, 5.41) is 4.45. The molecule has 4 nitrogen and oxygen atoms in total. The molecule has 3 atom stereocenters. The molecule has 0 saturated carbocycles. The Morgan fingerprint density at radius 3 is 2.34 bits per heavy atom. The van der Waals surface area contributed by atoms with E-state index in [4.69, 9.17) is 0 Å². The van der Waals surface area contributed by atoms with E-state index in [1.165, 1.54) is 18.4 Å². The van der Waals surface area contributed by atoms with E-state index in [1.54, 1.807) is 0 Å². The molecule has 0 radical (unpaired) electrons. The second kappa shape index (κ2) is 7.03. The minimum atomic E-state index is 0.0639. The summed E-state index contributed by atoms with van der Waals surface area (Å²) in [6.07, 6.45) is 4.64. The van der Waals surface area contributed by atoms with Crippen LogP contribution >= 0.6 is 0 Å². The van der Waals surface area contributed by atoms with Crippen LogP contribution in [0.15, 0.2) is 48.5 Å². The molecule has 1 aromatic heterocycles. The molecule has 1 amide bonds. The first-order valence-electron chi connectivity index (χ1n) is 10.7. The topological polar surface area (TPSA) is 37.3 Å². The summed E-state index contributed by atoms with van der Waals surface area (Å²) in [4.78, 5) is 16.1. The fraction of sp³-hybridized carbons (Fsp3) is 0.400. The first-order chi connectivity index (χ1) is 14.0. The van der Waals surface area contributed by atoms with Gasteiger partial charge < -0.3 is 14.8 Å². The lowest BCUT2D eigenvalue weighted by Crippen LogP contribution is -2.48. The van der Waals surface area contributed by atoms with Crippen LogP contribution in [0.4, 0.5) is 0 Å². The highest BCUT2D eigenvalue weighted by atomic mass is 16.1. The Morgan fingerprint density at radius 2 is 1.66 bits per heavy atom. The standard InChI is InChI=1S/C25H29N3O/c1-16-8-7-11-21-22(24(28(3)23(16)21)17-9-5-4-6-10-17)25(29)26-18-14-19-12-13-20(15-18)27(19)2/h4-11,18-20H,12-15H2,1-3H3,(H,26,29)/t18?,19-,20+. The van der Waals surface area contributed by atoms with E-state index in [1.807, 2.05) is 18.2 Å². The number of piperidine rings is 1. The molecule has 2 aliphatic heterocycles. The van der Waals surface area contributed by atoms with Gasteiger partial charge in [-0.15, -0.1) is 0 Å². The number of para-hydroxylation sites is 1. The largest absolute Gasteiger partial charge is 0.349 e. The number of fused-ring (bicyclic) bond motifs is 3. The molecule has 0 spiro atoms. The lowest BCUT2D eigenvalue weighted by Gasteiger charge is -2.36. The van der Waals surface area contributed by atoms with Crippen LogP contribution in [-0.4, -0.2) is 40.5 Å². The van der Waals surface area contributed by atoms with Gasteiger partial charge in [-0.3, -0.25) is 4.79 Å². The van der Waals surface area contributed by atoms with Crippen molar-refractivity contribution in [1.29, 1.82) is 0 Å². The Morgan fingerprint density at radius 1 is 0.966 bits per heavy atom. The third-order valence-electron chi connectivity index (χ3n) is 7.12. The highest BCUT2D eigenvalue weighted by Crippen LogP contribution is 2.37. The molecule has 4 heteroatoms. The maximum atomic E-state index is 13.6. The Kier molecular flexibility index (Phi) is 4.47. The summed E-state index contributed by atoms with van der Waals surface area (Å²) in [6, 6.07) is 18.0. The van der Waals surface area contributed by atoms with E-state index >= 15 is 0 Å². The Balaban J connectivity index is 1.57. The number of hydrogen-bond acceptors (Lipinski definition) is 2. The normalized spacial score (nSPS) is 24.2. The van der Waals surface area contributed by atoms with Crippen LogP contribution in [0, 0.1) is 6.92 Å². The molecule has 2 bridgehead atoms. The Hall–Kier alpha value is -2.59. The fourth-order valence-electron chi connectivity index (χ4n) is 5.66. The summed E-state index contributed by atoms with van der Waals surface area (Å²) >= 11 is 0. The number of nitrogens with zero attached hydrogens (tertiary/aromatic N) is 2. The molecule has 2 saturated heterocycles. The lowest BCUT2D eigenvalue weighted by atomic mass is 9.97. The molecule has 3 heterocycles. The number of rotatable bonds is 3. The zero-order valence-electron chi connectivity index (χ0n) is 17.5. The molecule has 2 aliphatic rings. The number of hydrogen-bond donors (Lipinski definition) is 1. The number of carbonyl (C=O) groups is 1. The van der Waals surface area contributed by atoms with Crippen molar-refractivity contribution in [2.24, 2.45) is 7.05 Å². The van der Waals surface area contributed by atoms with E-state index in [9.17, 15) is 4.79 Å². The zero-order chi connectivity index (χ0) is 20.1. The van der Waals surface area contributed by atoms with Gasteiger partial charge in [-0.1, -0.05) is 48.5 Å². The van der Waals surface area contributed by atoms with Crippen LogP contribution in [0.25, 0.3) is 22.2 Å². The van der Waals surface area contributed by atoms with Crippen LogP contribution in [0.1, 0.15) is 41.6 Å². The number of nitrogens with one attached hydrogen (secondary N) is 1. The van der Waals surface area contributed by atoms with Crippen LogP contribution in [0.2, 0.25) is 0 Å². The smallest absolute Gasteiger partial charge is 0.254 e. The van der Waals surface area contributed by atoms with Gasteiger partial charge in [0.1, 0.15) is 0 Å². The van der Waals surface area contributed by atoms with Crippen molar-refractivity contribution in [2.75, 3.05) is 7.05 Å².